The second-order valence-corrected chi connectivity index (χ2v) is 4.75. The molecule has 2 heterocycles. The van der Waals surface area contributed by atoms with Crippen LogP contribution in [0.3, 0.4) is 0 Å². The maximum absolute atomic E-state index is 11.4. The highest BCUT2D eigenvalue weighted by molar-refractivity contribution is 5.93. The minimum absolute atomic E-state index is 0.0552. The van der Waals surface area contributed by atoms with Gasteiger partial charge in [0.2, 0.25) is 0 Å². The molecule has 0 fully saturated rings. The molecule has 0 unspecified atom stereocenters. The highest BCUT2D eigenvalue weighted by atomic mass is 16.5. The Bertz CT molecular complexity index is 855. The Labute approximate surface area is 131 Å². The van der Waals surface area contributed by atoms with Crippen LogP contribution in [0.25, 0.3) is 5.52 Å². The fourth-order valence-electron chi connectivity index (χ4n) is 2.28. The molecule has 0 amide bonds. The number of carboxylic acids is 1. The topological polar surface area (TPSA) is 93.3 Å². The average Bonchev–Trinajstić information content (AvgIpc) is 2.93. The van der Waals surface area contributed by atoms with Gasteiger partial charge < -0.3 is 19.7 Å². The highest BCUT2D eigenvalue weighted by Crippen LogP contribution is 2.23. The van der Waals surface area contributed by atoms with Gasteiger partial charge in [-0.15, -0.1) is 0 Å². The van der Waals surface area contributed by atoms with Crippen LogP contribution in [0.4, 0.5) is 0 Å². The monoisotopic (exact) mass is 314 g/mol. The van der Waals surface area contributed by atoms with Gasteiger partial charge in [0.05, 0.1) is 12.6 Å². The van der Waals surface area contributed by atoms with Crippen molar-refractivity contribution in [2.75, 3.05) is 7.11 Å². The van der Waals surface area contributed by atoms with Crippen molar-refractivity contribution >= 4 is 11.5 Å². The molecule has 0 spiro atoms. The second kappa shape index (κ2) is 5.88. The third-order valence-corrected chi connectivity index (χ3v) is 3.31. The van der Waals surface area contributed by atoms with Crippen molar-refractivity contribution in [3.63, 3.8) is 0 Å². The van der Waals surface area contributed by atoms with Crippen LogP contribution < -0.4 is 9.47 Å². The molecular formula is C16H14N2O5. The van der Waals surface area contributed by atoms with Crippen LogP contribution in [0.5, 0.6) is 17.4 Å². The molecule has 1 aromatic carbocycles. The van der Waals surface area contributed by atoms with Crippen LogP contribution in [0.15, 0.2) is 42.5 Å². The highest BCUT2D eigenvalue weighted by Gasteiger charge is 2.19. The number of ether oxygens (including phenoxy) is 2. The number of methoxy groups -OCH3 is 1. The molecule has 2 aromatic heterocycles. The number of fused-ring (bicyclic) bond motifs is 1. The zero-order valence-corrected chi connectivity index (χ0v) is 12.3. The number of aromatic hydroxyl groups is 1. The van der Waals surface area contributed by atoms with E-state index in [2.05, 4.69) is 4.98 Å². The Balaban J connectivity index is 1.99. The summed E-state index contributed by atoms with van der Waals surface area (Å²) in [5.41, 5.74) is 0.370. The standard InChI is InChI=1S/C16H14N2O5/c1-22-14-4-2-3-12-15(16(20)21)17-13(18(12)14)9-23-11-7-5-10(19)6-8-11/h2-8,19H,9H2,1H3,(H,20,21). The lowest BCUT2D eigenvalue weighted by atomic mass is 10.3. The number of phenols is 1. The molecule has 118 valence electrons. The Morgan fingerprint density at radius 1 is 1.22 bits per heavy atom. The van der Waals surface area contributed by atoms with Crippen LogP contribution >= 0.6 is 0 Å². The molecule has 0 atom stereocenters. The van der Waals surface area contributed by atoms with E-state index >= 15 is 0 Å². The Morgan fingerprint density at radius 2 is 1.96 bits per heavy atom. The SMILES string of the molecule is COc1cccc2c(C(=O)O)nc(COc3ccc(O)cc3)n12. The van der Waals surface area contributed by atoms with Crippen LogP contribution in [0, 0.1) is 0 Å². The Morgan fingerprint density at radius 3 is 2.61 bits per heavy atom. The number of rotatable bonds is 5. The third-order valence-electron chi connectivity index (χ3n) is 3.31. The number of nitrogens with zero attached hydrogens (tertiary/aromatic N) is 2. The fraction of sp³-hybridized carbons (Fsp3) is 0.125. The van der Waals surface area contributed by atoms with Gasteiger partial charge in [-0.3, -0.25) is 4.40 Å². The van der Waals surface area contributed by atoms with Crippen molar-refractivity contribution in [2.45, 2.75) is 6.61 Å². The quantitative estimate of drug-likeness (QED) is 0.751. The molecule has 7 heteroatoms. The summed E-state index contributed by atoms with van der Waals surface area (Å²) in [4.78, 5) is 15.5. The van der Waals surface area contributed by atoms with Crippen molar-refractivity contribution in [3.05, 3.63) is 54.0 Å². The first-order chi connectivity index (χ1) is 11.1. The maximum Gasteiger partial charge on any atom is 0.356 e. The van der Waals surface area contributed by atoms with Gasteiger partial charge in [0.25, 0.3) is 0 Å². The summed E-state index contributed by atoms with van der Waals surface area (Å²) in [6.45, 7) is 0.0552. The maximum atomic E-state index is 11.4. The summed E-state index contributed by atoms with van der Waals surface area (Å²) in [7, 11) is 1.50. The molecule has 0 radical (unpaired) electrons. The molecule has 2 N–H and O–H groups in total. The van der Waals surface area contributed by atoms with Crippen molar-refractivity contribution < 1.29 is 24.5 Å². The summed E-state index contributed by atoms with van der Waals surface area (Å²) >= 11 is 0. The van der Waals surface area contributed by atoms with Crippen LogP contribution in [-0.2, 0) is 6.61 Å². The zero-order chi connectivity index (χ0) is 16.4. The normalized spacial score (nSPS) is 10.7. The molecule has 3 aromatic rings. The number of imidazole rings is 1. The third kappa shape index (κ3) is 2.76. The van der Waals surface area contributed by atoms with Gasteiger partial charge >= 0.3 is 5.97 Å². The fourth-order valence-corrected chi connectivity index (χ4v) is 2.28. The molecule has 0 bridgehead atoms. The lowest BCUT2D eigenvalue weighted by molar-refractivity contribution is 0.0693. The molecule has 0 saturated heterocycles. The minimum Gasteiger partial charge on any atom is -0.508 e. The zero-order valence-electron chi connectivity index (χ0n) is 12.3. The van der Waals surface area contributed by atoms with Crippen molar-refractivity contribution in [1.82, 2.24) is 9.38 Å². The summed E-state index contributed by atoms with van der Waals surface area (Å²) in [6, 6.07) is 11.3. The Kier molecular flexibility index (Phi) is 3.76. The molecule has 0 aliphatic rings. The van der Waals surface area contributed by atoms with Gasteiger partial charge in [0.15, 0.2) is 17.4 Å². The summed E-state index contributed by atoms with van der Waals surface area (Å²) in [5.74, 6) is 0.422. The second-order valence-electron chi connectivity index (χ2n) is 4.75. The van der Waals surface area contributed by atoms with E-state index in [1.165, 1.54) is 19.2 Å². The van der Waals surface area contributed by atoms with E-state index in [1.807, 2.05) is 0 Å². The molecule has 0 aliphatic carbocycles. The van der Waals surface area contributed by atoms with Gasteiger partial charge in [-0.05, 0) is 36.4 Å². The first kappa shape index (κ1) is 14.7. The number of benzene rings is 1. The van der Waals surface area contributed by atoms with E-state index < -0.39 is 5.97 Å². The molecule has 7 nitrogen and oxygen atoms in total. The minimum atomic E-state index is -1.12. The number of phenolic OH excluding ortho intramolecular Hbond substituents is 1. The van der Waals surface area contributed by atoms with Crippen molar-refractivity contribution in [3.8, 4) is 17.4 Å². The number of aromatic carboxylic acids is 1. The van der Waals surface area contributed by atoms with E-state index in [-0.39, 0.29) is 18.1 Å². The van der Waals surface area contributed by atoms with Crippen LogP contribution in [0.1, 0.15) is 16.3 Å². The van der Waals surface area contributed by atoms with Gasteiger partial charge in [-0.1, -0.05) is 6.07 Å². The predicted octanol–water partition coefficient (Wildman–Crippen LogP) is 2.33. The largest absolute Gasteiger partial charge is 0.508 e. The number of carbonyl (C=O) groups is 1. The number of carboxylic acid groups (broad SMARTS) is 1. The smallest absolute Gasteiger partial charge is 0.356 e. The number of aromatic nitrogens is 2. The first-order valence-corrected chi connectivity index (χ1v) is 6.79. The van der Waals surface area contributed by atoms with E-state index in [4.69, 9.17) is 9.47 Å². The molecule has 0 saturated carbocycles. The Hall–Kier alpha value is -3.22. The predicted molar refractivity (Wildman–Crippen MR) is 81.1 cm³/mol. The van der Waals surface area contributed by atoms with Crippen LogP contribution in [-0.4, -0.2) is 32.7 Å². The molecule has 3 rings (SSSR count). The van der Waals surface area contributed by atoms with Gasteiger partial charge in [-0.25, -0.2) is 9.78 Å². The number of hydrogen-bond donors (Lipinski definition) is 2. The summed E-state index contributed by atoms with van der Waals surface area (Å²) in [5, 5.41) is 18.6. The molecular weight excluding hydrogens is 300 g/mol. The van der Waals surface area contributed by atoms with Crippen molar-refractivity contribution in [1.29, 1.82) is 0 Å². The van der Waals surface area contributed by atoms with E-state index in [9.17, 15) is 15.0 Å². The molecule has 0 aliphatic heterocycles. The number of hydrogen-bond acceptors (Lipinski definition) is 5. The van der Waals surface area contributed by atoms with Gasteiger partial charge in [0, 0.05) is 0 Å². The lowest BCUT2D eigenvalue weighted by Gasteiger charge is -2.08. The van der Waals surface area contributed by atoms with E-state index in [0.717, 1.165) is 0 Å². The lowest BCUT2D eigenvalue weighted by Crippen LogP contribution is -2.03. The van der Waals surface area contributed by atoms with Gasteiger partial charge in [0.1, 0.15) is 18.1 Å². The van der Waals surface area contributed by atoms with E-state index in [0.29, 0.717) is 23.0 Å². The van der Waals surface area contributed by atoms with E-state index in [1.54, 1.807) is 34.7 Å². The first-order valence-electron chi connectivity index (χ1n) is 6.79. The van der Waals surface area contributed by atoms with Crippen molar-refractivity contribution in [2.24, 2.45) is 0 Å². The number of pyridine rings is 1. The molecule has 23 heavy (non-hydrogen) atoms. The van der Waals surface area contributed by atoms with Gasteiger partial charge in [-0.2, -0.15) is 0 Å². The summed E-state index contributed by atoms with van der Waals surface area (Å²) < 4.78 is 12.5. The van der Waals surface area contributed by atoms with Crippen LogP contribution in [0.2, 0.25) is 0 Å². The average molecular weight is 314 g/mol. The summed E-state index contributed by atoms with van der Waals surface area (Å²) in [6.07, 6.45) is 0.